The fraction of sp³-hybridized carbons (Fsp3) is 0.556. The molecule has 1 amide bonds. The second-order valence-electron chi connectivity index (χ2n) is 3.57. The molecule has 2 heterocycles. The highest BCUT2D eigenvalue weighted by Crippen LogP contribution is 2.14. The van der Waals surface area contributed by atoms with E-state index < -0.39 is 0 Å². The molecule has 1 aromatic rings. The van der Waals surface area contributed by atoms with Crippen LogP contribution < -0.4 is 5.32 Å². The first kappa shape index (κ1) is 8.29. The Labute approximate surface area is 76.9 Å². The van der Waals surface area contributed by atoms with Crippen LogP contribution in [0.15, 0.2) is 6.20 Å². The molecule has 1 N–H and O–H groups in total. The van der Waals surface area contributed by atoms with Crippen LogP contribution in [0.25, 0.3) is 0 Å². The number of carbonyl (C=O) groups is 1. The predicted molar refractivity (Wildman–Crippen MR) is 48.6 cm³/mol. The molecule has 0 spiro atoms. The predicted octanol–water partition coefficient (Wildman–Crippen LogP) is 0.750. The number of nitrogens with zero attached hydrogens (tertiary/aromatic N) is 2. The van der Waals surface area contributed by atoms with E-state index in [1.807, 2.05) is 10.9 Å². The maximum absolute atomic E-state index is 11.4. The van der Waals surface area contributed by atoms with Crippen LogP contribution in [0.5, 0.6) is 0 Å². The molecule has 0 fully saturated rings. The van der Waals surface area contributed by atoms with Crippen molar-refractivity contribution in [3.05, 3.63) is 17.5 Å². The topological polar surface area (TPSA) is 46.9 Å². The van der Waals surface area contributed by atoms with Gasteiger partial charge >= 0.3 is 0 Å². The highest BCUT2D eigenvalue weighted by molar-refractivity contribution is 5.96. The minimum Gasteiger partial charge on any atom is -0.352 e. The molecule has 13 heavy (non-hydrogen) atoms. The van der Waals surface area contributed by atoms with Gasteiger partial charge in [-0.25, -0.2) is 0 Å². The first-order valence-electron chi connectivity index (χ1n) is 4.54. The lowest BCUT2D eigenvalue weighted by Gasteiger charge is -2.09. The Morgan fingerprint density at radius 1 is 1.62 bits per heavy atom. The molecule has 70 valence electrons. The van der Waals surface area contributed by atoms with E-state index in [2.05, 4.69) is 24.3 Å². The lowest BCUT2D eigenvalue weighted by atomic mass is 10.1. The van der Waals surface area contributed by atoms with E-state index in [4.69, 9.17) is 0 Å². The van der Waals surface area contributed by atoms with Crippen LogP contribution >= 0.6 is 0 Å². The van der Waals surface area contributed by atoms with Gasteiger partial charge in [-0.15, -0.1) is 0 Å². The summed E-state index contributed by atoms with van der Waals surface area (Å²) in [7, 11) is 0. The van der Waals surface area contributed by atoms with Crippen LogP contribution in [0, 0.1) is 0 Å². The highest BCUT2D eigenvalue weighted by Gasteiger charge is 2.20. The van der Waals surface area contributed by atoms with Gasteiger partial charge in [-0.1, -0.05) is 0 Å². The summed E-state index contributed by atoms with van der Waals surface area (Å²) in [5.41, 5.74) is 1.66. The summed E-state index contributed by atoms with van der Waals surface area (Å²) in [5.74, 6) is 0.00755. The van der Waals surface area contributed by atoms with E-state index in [0.717, 1.165) is 17.7 Å². The molecule has 0 saturated heterocycles. The third kappa shape index (κ3) is 1.32. The van der Waals surface area contributed by atoms with Gasteiger partial charge in [0.15, 0.2) is 0 Å². The summed E-state index contributed by atoms with van der Waals surface area (Å²) < 4.78 is 1.84. The second kappa shape index (κ2) is 2.87. The lowest BCUT2D eigenvalue weighted by Crippen LogP contribution is -2.31. The SMILES string of the molecule is CC(C)n1cc2c(n1)CCNC2=O. The van der Waals surface area contributed by atoms with Gasteiger partial charge in [-0.3, -0.25) is 9.48 Å². The van der Waals surface area contributed by atoms with E-state index in [-0.39, 0.29) is 5.91 Å². The normalized spacial score (nSPS) is 15.8. The molecular formula is C9H13N3O. The van der Waals surface area contributed by atoms with Crippen molar-refractivity contribution in [2.75, 3.05) is 6.54 Å². The Balaban J connectivity index is 2.42. The highest BCUT2D eigenvalue weighted by atomic mass is 16.1. The van der Waals surface area contributed by atoms with Gasteiger partial charge in [0.1, 0.15) is 0 Å². The maximum atomic E-state index is 11.4. The number of nitrogens with one attached hydrogen (secondary N) is 1. The average Bonchev–Trinajstić information content (AvgIpc) is 2.49. The average molecular weight is 179 g/mol. The van der Waals surface area contributed by atoms with E-state index in [1.165, 1.54) is 0 Å². The Bertz CT molecular complexity index is 341. The molecule has 1 aliphatic heterocycles. The number of aromatic nitrogens is 2. The fourth-order valence-corrected chi connectivity index (χ4v) is 1.46. The van der Waals surface area contributed by atoms with Crippen molar-refractivity contribution in [1.82, 2.24) is 15.1 Å². The Hall–Kier alpha value is -1.32. The minimum atomic E-state index is 0.00755. The van der Waals surface area contributed by atoms with Crippen molar-refractivity contribution in [3.8, 4) is 0 Å². The van der Waals surface area contributed by atoms with Crippen LogP contribution in [-0.4, -0.2) is 22.2 Å². The van der Waals surface area contributed by atoms with Crippen molar-refractivity contribution in [2.24, 2.45) is 0 Å². The van der Waals surface area contributed by atoms with Crippen molar-refractivity contribution < 1.29 is 4.79 Å². The third-order valence-corrected chi connectivity index (χ3v) is 2.23. The van der Waals surface area contributed by atoms with Crippen molar-refractivity contribution in [2.45, 2.75) is 26.3 Å². The Morgan fingerprint density at radius 3 is 3.00 bits per heavy atom. The lowest BCUT2D eigenvalue weighted by molar-refractivity contribution is 0.0946. The van der Waals surface area contributed by atoms with Crippen LogP contribution in [-0.2, 0) is 6.42 Å². The zero-order valence-corrected chi connectivity index (χ0v) is 7.87. The molecule has 4 nitrogen and oxygen atoms in total. The van der Waals surface area contributed by atoms with Gasteiger partial charge in [0.05, 0.1) is 11.3 Å². The molecule has 0 aromatic carbocycles. The standard InChI is InChI=1S/C9H13N3O/c1-6(2)12-5-7-8(11-12)3-4-10-9(7)13/h5-6H,3-4H2,1-2H3,(H,10,13). The summed E-state index contributed by atoms with van der Waals surface area (Å²) in [5, 5.41) is 7.15. The maximum Gasteiger partial charge on any atom is 0.254 e. The van der Waals surface area contributed by atoms with Crippen LogP contribution in [0.2, 0.25) is 0 Å². The number of amides is 1. The van der Waals surface area contributed by atoms with Crippen LogP contribution in [0.1, 0.15) is 35.9 Å². The molecule has 1 aliphatic rings. The molecule has 0 bridgehead atoms. The summed E-state index contributed by atoms with van der Waals surface area (Å²) in [6.45, 7) is 4.81. The first-order chi connectivity index (χ1) is 6.18. The van der Waals surface area contributed by atoms with Crippen molar-refractivity contribution >= 4 is 5.91 Å². The van der Waals surface area contributed by atoms with Crippen LogP contribution in [0.3, 0.4) is 0 Å². The molecule has 0 radical (unpaired) electrons. The van der Waals surface area contributed by atoms with E-state index in [0.29, 0.717) is 12.6 Å². The van der Waals surface area contributed by atoms with E-state index >= 15 is 0 Å². The molecule has 0 atom stereocenters. The summed E-state index contributed by atoms with van der Waals surface area (Å²) in [6, 6.07) is 0.318. The molecular weight excluding hydrogens is 166 g/mol. The molecule has 0 unspecified atom stereocenters. The number of rotatable bonds is 1. The van der Waals surface area contributed by atoms with Gasteiger partial charge < -0.3 is 5.32 Å². The number of carbonyl (C=O) groups excluding carboxylic acids is 1. The van der Waals surface area contributed by atoms with Crippen molar-refractivity contribution in [3.63, 3.8) is 0 Å². The zero-order valence-electron chi connectivity index (χ0n) is 7.87. The largest absolute Gasteiger partial charge is 0.352 e. The molecule has 0 saturated carbocycles. The summed E-state index contributed by atoms with van der Waals surface area (Å²) in [4.78, 5) is 11.4. The monoisotopic (exact) mass is 179 g/mol. The first-order valence-corrected chi connectivity index (χ1v) is 4.54. The number of hydrogen-bond donors (Lipinski definition) is 1. The van der Waals surface area contributed by atoms with Gasteiger partial charge in [0, 0.05) is 25.2 Å². The third-order valence-electron chi connectivity index (χ3n) is 2.23. The van der Waals surface area contributed by atoms with E-state index in [9.17, 15) is 4.79 Å². The smallest absolute Gasteiger partial charge is 0.254 e. The number of hydrogen-bond acceptors (Lipinski definition) is 2. The number of fused-ring (bicyclic) bond motifs is 1. The van der Waals surface area contributed by atoms with E-state index in [1.54, 1.807) is 0 Å². The quantitative estimate of drug-likeness (QED) is 0.691. The van der Waals surface area contributed by atoms with Gasteiger partial charge in [0.2, 0.25) is 0 Å². The summed E-state index contributed by atoms with van der Waals surface area (Å²) in [6.07, 6.45) is 2.68. The Kier molecular flexibility index (Phi) is 1.83. The van der Waals surface area contributed by atoms with Gasteiger partial charge in [-0.05, 0) is 13.8 Å². The van der Waals surface area contributed by atoms with Crippen molar-refractivity contribution in [1.29, 1.82) is 0 Å². The van der Waals surface area contributed by atoms with Gasteiger partial charge in [0.25, 0.3) is 5.91 Å². The minimum absolute atomic E-state index is 0.00755. The molecule has 4 heteroatoms. The molecule has 0 aliphatic carbocycles. The summed E-state index contributed by atoms with van der Waals surface area (Å²) >= 11 is 0. The van der Waals surface area contributed by atoms with Gasteiger partial charge in [-0.2, -0.15) is 5.10 Å². The second-order valence-corrected chi connectivity index (χ2v) is 3.57. The Morgan fingerprint density at radius 2 is 2.38 bits per heavy atom. The zero-order chi connectivity index (χ0) is 9.42. The van der Waals surface area contributed by atoms with Crippen LogP contribution in [0.4, 0.5) is 0 Å². The fourth-order valence-electron chi connectivity index (χ4n) is 1.46. The molecule has 2 rings (SSSR count). The molecule has 1 aromatic heterocycles.